The average Bonchev–Trinajstić information content (AvgIpc) is 3.06. The molecule has 2 heteroatoms. The molecule has 0 spiro atoms. The van der Waals surface area contributed by atoms with E-state index >= 15 is 0 Å². The first-order valence-corrected chi connectivity index (χ1v) is 9.15. The van der Waals surface area contributed by atoms with Crippen LogP contribution in [0.3, 0.4) is 0 Å². The molecule has 0 saturated carbocycles. The molecular formula is C25H19NO. The van der Waals surface area contributed by atoms with E-state index in [1.807, 2.05) is 12.3 Å². The van der Waals surface area contributed by atoms with E-state index in [0.717, 1.165) is 38.8 Å². The molecule has 0 atom stereocenters. The highest BCUT2D eigenvalue weighted by atomic mass is 16.3. The topological polar surface area (TPSA) is 26.0 Å². The van der Waals surface area contributed by atoms with Crippen molar-refractivity contribution in [3.05, 3.63) is 90.1 Å². The molecule has 0 radical (unpaired) electrons. The minimum Gasteiger partial charge on any atom is -0.455 e. The number of benzene rings is 3. The Kier molecular flexibility index (Phi) is 3.58. The number of nitrogens with zero attached hydrogens (tertiary/aromatic N) is 1. The van der Waals surface area contributed by atoms with Crippen molar-refractivity contribution in [1.82, 2.24) is 4.98 Å². The number of fused-ring (bicyclic) bond motifs is 3. The molecule has 0 saturated heterocycles. The lowest BCUT2D eigenvalue weighted by molar-refractivity contribution is 0.669. The summed E-state index contributed by atoms with van der Waals surface area (Å²) in [5.41, 5.74) is 8.54. The maximum absolute atomic E-state index is 6.25. The van der Waals surface area contributed by atoms with Crippen LogP contribution in [0.4, 0.5) is 0 Å². The zero-order valence-corrected chi connectivity index (χ0v) is 15.4. The molecule has 5 rings (SSSR count). The van der Waals surface area contributed by atoms with Crippen LogP contribution in [0, 0.1) is 13.8 Å². The molecule has 130 valence electrons. The summed E-state index contributed by atoms with van der Waals surface area (Å²) in [7, 11) is 0. The second kappa shape index (κ2) is 6.10. The molecule has 0 aliphatic rings. The summed E-state index contributed by atoms with van der Waals surface area (Å²) in [4.78, 5) is 4.71. The Hall–Kier alpha value is -3.39. The Morgan fingerprint density at radius 1 is 0.741 bits per heavy atom. The van der Waals surface area contributed by atoms with Gasteiger partial charge in [0.25, 0.3) is 0 Å². The van der Waals surface area contributed by atoms with Gasteiger partial charge in [0.05, 0.1) is 5.69 Å². The maximum atomic E-state index is 6.25. The van der Waals surface area contributed by atoms with E-state index in [4.69, 9.17) is 9.40 Å². The molecule has 0 unspecified atom stereocenters. The Balaban J connectivity index is 1.75. The first kappa shape index (κ1) is 15.8. The molecule has 2 heterocycles. The van der Waals surface area contributed by atoms with E-state index in [1.54, 1.807) is 0 Å². The van der Waals surface area contributed by atoms with Gasteiger partial charge in [-0.05, 0) is 54.3 Å². The van der Waals surface area contributed by atoms with E-state index in [-0.39, 0.29) is 0 Å². The smallest absolute Gasteiger partial charge is 0.144 e. The zero-order valence-electron chi connectivity index (χ0n) is 15.4. The summed E-state index contributed by atoms with van der Waals surface area (Å²) in [6, 6.07) is 25.3. The van der Waals surface area contributed by atoms with Gasteiger partial charge in [0.1, 0.15) is 11.2 Å². The molecule has 27 heavy (non-hydrogen) atoms. The monoisotopic (exact) mass is 349 g/mol. The largest absolute Gasteiger partial charge is 0.455 e. The summed E-state index contributed by atoms with van der Waals surface area (Å²) in [5.74, 6) is 0. The lowest BCUT2D eigenvalue weighted by atomic mass is 9.99. The van der Waals surface area contributed by atoms with E-state index in [9.17, 15) is 0 Å². The maximum Gasteiger partial charge on any atom is 0.144 e. The molecule has 0 aliphatic heterocycles. The van der Waals surface area contributed by atoms with Gasteiger partial charge < -0.3 is 4.42 Å². The Labute approximate surface area is 158 Å². The number of pyridine rings is 1. The summed E-state index contributed by atoms with van der Waals surface area (Å²) in [6.07, 6.45) is 1.95. The van der Waals surface area contributed by atoms with Crippen LogP contribution in [0.5, 0.6) is 0 Å². The number of hydrogen-bond donors (Lipinski definition) is 0. The first-order valence-electron chi connectivity index (χ1n) is 9.15. The van der Waals surface area contributed by atoms with Crippen LogP contribution < -0.4 is 0 Å². The second-order valence-electron chi connectivity index (χ2n) is 7.03. The highest BCUT2D eigenvalue weighted by Crippen LogP contribution is 2.36. The van der Waals surface area contributed by atoms with Gasteiger partial charge in [0.2, 0.25) is 0 Å². The van der Waals surface area contributed by atoms with Crippen LogP contribution in [0.1, 0.15) is 11.1 Å². The quantitative estimate of drug-likeness (QED) is 0.345. The van der Waals surface area contributed by atoms with Crippen LogP contribution >= 0.6 is 0 Å². The van der Waals surface area contributed by atoms with Crippen LogP contribution in [-0.2, 0) is 0 Å². The molecule has 0 bridgehead atoms. The third-order valence-electron chi connectivity index (χ3n) is 5.12. The van der Waals surface area contributed by atoms with Crippen LogP contribution in [0.2, 0.25) is 0 Å². The highest BCUT2D eigenvalue weighted by Gasteiger charge is 2.14. The van der Waals surface area contributed by atoms with Crippen molar-refractivity contribution in [1.29, 1.82) is 0 Å². The number of aryl methyl sites for hydroxylation is 2. The molecule has 0 fully saturated rings. The molecule has 0 amide bonds. The van der Waals surface area contributed by atoms with Crippen LogP contribution in [0.15, 0.2) is 83.4 Å². The van der Waals surface area contributed by atoms with Crippen molar-refractivity contribution in [2.45, 2.75) is 13.8 Å². The summed E-state index contributed by atoms with van der Waals surface area (Å²) in [6.45, 7) is 4.19. The Morgan fingerprint density at radius 2 is 1.59 bits per heavy atom. The van der Waals surface area contributed by atoms with E-state index < -0.39 is 0 Å². The lowest BCUT2D eigenvalue weighted by Crippen LogP contribution is -1.90. The predicted molar refractivity (Wildman–Crippen MR) is 112 cm³/mol. The minimum atomic E-state index is 0.897. The van der Waals surface area contributed by atoms with Crippen molar-refractivity contribution in [3.8, 4) is 22.4 Å². The lowest BCUT2D eigenvalue weighted by Gasteiger charge is -2.09. The fraction of sp³-hybridized carbons (Fsp3) is 0.0800. The van der Waals surface area contributed by atoms with E-state index in [0.29, 0.717) is 0 Å². The zero-order chi connectivity index (χ0) is 18.4. The Bertz CT molecular complexity index is 1280. The van der Waals surface area contributed by atoms with E-state index in [2.05, 4.69) is 80.6 Å². The number of aromatic nitrogens is 1. The molecule has 0 aliphatic carbocycles. The van der Waals surface area contributed by atoms with Gasteiger partial charge in [-0.3, -0.25) is 4.98 Å². The minimum absolute atomic E-state index is 0.897. The standard InChI is InChI=1S/C25H19NO/c1-16-11-12-19-20-9-6-10-21(25(20)27-24(19)13-16)23-14-22(17(2)15-26-23)18-7-4-3-5-8-18/h3-15H,1-2H3. The third kappa shape index (κ3) is 2.61. The van der Waals surface area contributed by atoms with Gasteiger partial charge in [-0.1, -0.05) is 54.6 Å². The van der Waals surface area contributed by atoms with Crippen LogP contribution in [0.25, 0.3) is 44.3 Å². The van der Waals surface area contributed by atoms with Crippen LogP contribution in [-0.4, -0.2) is 4.98 Å². The van der Waals surface area contributed by atoms with Gasteiger partial charge >= 0.3 is 0 Å². The first-order chi connectivity index (χ1) is 13.2. The number of rotatable bonds is 2. The molecule has 0 N–H and O–H groups in total. The van der Waals surface area contributed by atoms with Gasteiger partial charge in [0.15, 0.2) is 0 Å². The number of furan rings is 1. The third-order valence-corrected chi connectivity index (χ3v) is 5.12. The van der Waals surface area contributed by atoms with Gasteiger partial charge in [-0.2, -0.15) is 0 Å². The van der Waals surface area contributed by atoms with Gasteiger partial charge in [-0.25, -0.2) is 0 Å². The van der Waals surface area contributed by atoms with Crippen molar-refractivity contribution in [3.63, 3.8) is 0 Å². The summed E-state index contributed by atoms with van der Waals surface area (Å²) >= 11 is 0. The second-order valence-corrected chi connectivity index (χ2v) is 7.03. The van der Waals surface area contributed by atoms with Crippen molar-refractivity contribution >= 4 is 21.9 Å². The molecule has 2 aromatic heterocycles. The Morgan fingerprint density at radius 3 is 2.44 bits per heavy atom. The summed E-state index contributed by atoms with van der Waals surface area (Å²) in [5, 5.41) is 2.28. The molecular weight excluding hydrogens is 330 g/mol. The highest BCUT2D eigenvalue weighted by molar-refractivity contribution is 6.09. The molecule has 3 aromatic carbocycles. The molecule has 5 aromatic rings. The average molecular weight is 349 g/mol. The fourth-order valence-electron chi connectivity index (χ4n) is 3.71. The SMILES string of the molecule is Cc1ccc2c(c1)oc1c(-c3cc(-c4ccccc4)c(C)cn3)cccc12. The molecule has 2 nitrogen and oxygen atoms in total. The fourth-order valence-corrected chi connectivity index (χ4v) is 3.71. The van der Waals surface area contributed by atoms with Crippen molar-refractivity contribution in [2.24, 2.45) is 0 Å². The normalized spacial score (nSPS) is 11.3. The summed E-state index contributed by atoms with van der Waals surface area (Å²) < 4.78 is 6.25. The number of para-hydroxylation sites is 1. The van der Waals surface area contributed by atoms with Gasteiger partial charge in [0, 0.05) is 22.5 Å². The number of hydrogen-bond acceptors (Lipinski definition) is 2. The van der Waals surface area contributed by atoms with Crippen molar-refractivity contribution < 1.29 is 4.42 Å². The van der Waals surface area contributed by atoms with E-state index in [1.165, 1.54) is 16.7 Å². The predicted octanol–water partition coefficient (Wildman–Crippen LogP) is 6.93. The van der Waals surface area contributed by atoms with Gasteiger partial charge in [-0.15, -0.1) is 0 Å². The van der Waals surface area contributed by atoms with Crippen molar-refractivity contribution in [2.75, 3.05) is 0 Å².